The van der Waals surface area contributed by atoms with E-state index in [1.807, 2.05) is 0 Å². The molecule has 0 saturated carbocycles. The van der Waals surface area contributed by atoms with E-state index in [1.54, 1.807) is 6.92 Å². The summed E-state index contributed by atoms with van der Waals surface area (Å²) in [6.45, 7) is 2.44. The summed E-state index contributed by atoms with van der Waals surface area (Å²) >= 11 is 0. The molecule has 0 aliphatic heterocycles. The van der Waals surface area contributed by atoms with Crippen LogP contribution in [0, 0.1) is 0 Å². The number of rotatable bonds is 6. The van der Waals surface area contributed by atoms with Crippen LogP contribution in [0.4, 0.5) is 0 Å². The van der Waals surface area contributed by atoms with E-state index in [9.17, 15) is 4.79 Å². The lowest BCUT2D eigenvalue weighted by atomic mass is 10.2. The Morgan fingerprint density at radius 3 is 2.83 bits per heavy atom. The van der Waals surface area contributed by atoms with Gasteiger partial charge in [0.15, 0.2) is 0 Å². The number of hydrogen-bond donors (Lipinski definition) is 2. The Labute approximate surface area is 72.9 Å². The fraction of sp³-hybridized carbons (Fsp3) is 0.875. The average Bonchev–Trinajstić information content (AvgIpc) is 1.98. The van der Waals surface area contributed by atoms with Crippen LogP contribution in [0.1, 0.15) is 19.8 Å². The molecule has 1 unspecified atom stereocenters. The minimum atomic E-state index is -0.288. The van der Waals surface area contributed by atoms with Gasteiger partial charge in [-0.3, -0.25) is 4.79 Å². The lowest BCUT2D eigenvalue weighted by Crippen LogP contribution is -2.28. The maximum Gasteiger partial charge on any atom is 0.245 e. The molecule has 12 heavy (non-hydrogen) atoms. The van der Waals surface area contributed by atoms with Gasteiger partial charge in [0.1, 0.15) is 6.61 Å². The number of carbonyl (C=O) groups excluding carboxylic acids is 1. The Bertz CT molecular complexity index is 125. The molecule has 0 bridgehead atoms. The zero-order valence-electron chi connectivity index (χ0n) is 7.67. The third-order valence-corrected chi connectivity index (χ3v) is 1.40. The van der Waals surface area contributed by atoms with Crippen molar-refractivity contribution < 1.29 is 14.6 Å². The molecule has 0 saturated heterocycles. The van der Waals surface area contributed by atoms with E-state index in [2.05, 4.69) is 10.1 Å². The molecule has 0 radical (unpaired) electrons. The van der Waals surface area contributed by atoms with Crippen LogP contribution in [0.5, 0.6) is 0 Å². The van der Waals surface area contributed by atoms with Crippen molar-refractivity contribution in [2.75, 3.05) is 20.3 Å². The molecule has 0 aromatic heterocycles. The van der Waals surface area contributed by atoms with E-state index in [-0.39, 0.29) is 18.6 Å². The number of amides is 1. The highest BCUT2D eigenvalue weighted by Crippen LogP contribution is 1.92. The molecule has 0 heterocycles. The Morgan fingerprint density at radius 2 is 2.33 bits per heavy atom. The van der Waals surface area contributed by atoms with Crippen LogP contribution < -0.4 is 5.32 Å². The van der Waals surface area contributed by atoms with Gasteiger partial charge < -0.3 is 15.2 Å². The maximum absolute atomic E-state index is 10.8. The molecule has 0 fully saturated rings. The van der Waals surface area contributed by atoms with E-state index >= 15 is 0 Å². The van der Waals surface area contributed by atoms with Crippen LogP contribution in [0.25, 0.3) is 0 Å². The normalized spacial score (nSPS) is 12.6. The van der Waals surface area contributed by atoms with E-state index in [4.69, 9.17) is 5.11 Å². The fourth-order valence-electron chi connectivity index (χ4n) is 0.807. The molecule has 1 atom stereocenters. The topological polar surface area (TPSA) is 58.6 Å². The minimum absolute atomic E-state index is 0.106. The lowest BCUT2D eigenvalue weighted by Gasteiger charge is -2.05. The first-order chi connectivity index (χ1) is 5.66. The van der Waals surface area contributed by atoms with Gasteiger partial charge in [-0.2, -0.15) is 0 Å². The Morgan fingerprint density at radius 1 is 1.67 bits per heavy atom. The van der Waals surface area contributed by atoms with Gasteiger partial charge in [-0.1, -0.05) is 0 Å². The highest BCUT2D eigenvalue weighted by Gasteiger charge is 1.99. The second kappa shape index (κ2) is 7.06. The first-order valence-corrected chi connectivity index (χ1v) is 4.10. The summed E-state index contributed by atoms with van der Waals surface area (Å²) in [5.41, 5.74) is 0. The average molecular weight is 175 g/mol. The van der Waals surface area contributed by atoms with Crippen LogP contribution in [0.2, 0.25) is 0 Å². The predicted molar refractivity (Wildman–Crippen MR) is 45.8 cm³/mol. The lowest BCUT2D eigenvalue weighted by molar-refractivity contribution is -0.124. The zero-order valence-corrected chi connectivity index (χ0v) is 7.67. The molecule has 4 heteroatoms. The highest BCUT2D eigenvalue weighted by atomic mass is 16.5. The van der Waals surface area contributed by atoms with Gasteiger partial charge in [-0.05, 0) is 19.8 Å². The number of carbonyl (C=O) groups is 1. The summed E-state index contributed by atoms with van der Waals surface area (Å²) in [6.07, 6.45) is 1.23. The van der Waals surface area contributed by atoms with E-state index < -0.39 is 0 Å². The molecule has 0 rings (SSSR count). The van der Waals surface area contributed by atoms with E-state index in [1.165, 1.54) is 7.11 Å². The van der Waals surface area contributed by atoms with Crippen LogP contribution in [-0.4, -0.2) is 37.4 Å². The van der Waals surface area contributed by atoms with Gasteiger partial charge in [0, 0.05) is 13.7 Å². The Kier molecular flexibility index (Phi) is 6.70. The van der Waals surface area contributed by atoms with Crippen molar-refractivity contribution in [1.82, 2.24) is 5.32 Å². The minimum Gasteiger partial charge on any atom is -0.393 e. The van der Waals surface area contributed by atoms with Crippen molar-refractivity contribution in [2.45, 2.75) is 25.9 Å². The fourth-order valence-corrected chi connectivity index (χ4v) is 0.807. The molecule has 0 aliphatic rings. The third-order valence-electron chi connectivity index (χ3n) is 1.40. The summed E-state index contributed by atoms with van der Waals surface area (Å²) in [4.78, 5) is 10.8. The largest absolute Gasteiger partial charge is 0.393 e. The molecule has 4 nitrogen and oxygen atoms in total. The van der Waals surface area contributed by atoms with Gasteiger partial charge in [-0.25, -0.2) is 0 Å². The van der Waals surface area contributed by atoms with Gasteiger partial charge >= 0.3 is 0 Å². The Hall–Kier alpha value is -0.610. The van der Waals surface area contributed by atoms with Gasteiger partial charge in [0.2, 0.25) is 5.91 Å². The van der Waals surface area contributed by atoms with Crippen LogP contribution in [0.3, 0.4) is 0 Å². The first kappa shape index (κ1) is 11.4. The number of methoxy groups -OCH3 is 1. The summed E-state index contributed by atoms with van der Waals surface area (Å²) in [5.74, 6) is -0.108. The van der Waals surface area contributed by atoms with Crippen molar-refractivity contribution in [3.05, 3.63) is 0 Å². The monoisotopic (exact) mass is 175 g/mol. The highest BCUT2D eigenvalue weighted by molar-refractivity contribution is 5.77. The van der Waals surface area contributed by atoms with Crippen LogP contribution >= 0.6 is 0 Å². The quantitative estimate of drug-likeness (QED) is 0.555. The number of hydrogen-bond acceptors (Lipinski definition) is 3. The molecule has 1 amide bonds. The standard InChI is InChI=1S/C8H17NO3/c1-7(10)4-3-5-9-8(11)6-12-2/h7,10H,3-6H2,1-2H3,(H,9,11). The number of nitrogens with one attached hydrogen (secondary N) is 1. The van der Waals surface area contributed by atoms with Crippen molar-refractivity contribution in [2.24, 2.45) is 0 Å². The van der Waals surface area contributed by atoms with E-state index in [0.29, 0.717) is 13.0 Å². The number of aliphatic hydroxyl groups excluding tert-OH is 1. The van der Waals surface area contributed by atoms with Gasteiger partial charge in [0.05, 0.1) is 6.10 Å². The van der Waals surface area contributed by atoms with Gasteiger partial charge in [-0.15, -0.1) is 0 Å². The van der Waals surface area contributed by atoms with Crippen molar-refractivity contribution >= 4 is 5.91 Å². The summed E-state index contributed by atoms with van der Waals surface area (Å²) in [5, 5.41) is 11.5. The van der Waals surface area contributed by atoms with E-state index in [0.717, 1.165) is 6.42 Å². The Balaban J connectivity index is 3.14. The molecular formula is C8H17NO3. The van der Waals surface area contributed by atoms with Gasteiger partial charge in [0.25, 0.3) is 0 Å². The molecule has 0 aromatic rings. The zero-order chi connectivity index (χ0) is 9.40. The molecule has 0 aliphatic carbocycles. The molecular weight excluding hydrogens is 158 g/mol. The molecule has 72 valence electrons. The molecule has 0 spiro atoms. The second-order valence-corrected chi connectivity index (χ2v) is 2.77. The number of ether oxygens (including phenoxy) is 1. The molecule has 2 N–H and O–H groups in total. The third kappa shape index (κ3) is 7.50. The second-order valence-electron chi connectivity index (χ2n) is 2.77. The van der Waals surface area contributed by atoms with Crippen molar-refractivity contribution in [3.63, 3.8) is 0 Å². The van der Waals surface area contributed by atoms with Crippen molar-refractivity contribution in [1.29, 1.82) is 0 Å². The number of aliphatic hydroxyl groups is 1. The summed E-state index contributed by atoms with van der Waals surface area (Å²) in [6, 6.07) is 0. The predicted octanol–water partition coefficient (Wildman–Crippen LogP) is -0.0900. The summed E-state index contributed by atoms with van der Waals surface area (Å²) < 4.78 is 4.62. The maximum atomic E-state index is 10.8. The SMILES string of the molecule is COCC(=O)NCCCC(C)O. The van der Waals surface area contributed by atoms with Crippen LogP contribution in [0.15, 0.2) is 0 Å². The van der Waals surface area contributed by atoms with Crippen molar-refractivity contribution in [3.8, 4) is 0 Å². The van der Waals surface area contributed by atoms with Crippen LogP contribution in [-0.2, 0) is 9.53 Å². The summed E-state index contributed by atoms with van der Waals surface area (Å²) in [7, 11) is 1.48. The first-order valence-electron chi connectivity index (χ1n) is 4.10. The molecule has 0 aromatic carbocycles. The smallest absolute Gasteiger partial charge is 0.245 e.